The molecule has 96 valence electrons. The number of aliphatic carboxylic acids is 1. The molecule has 1 aromatic rings. The van der Waals surface area contributed by atoms with Gasteiger partial charge in [0.05, 0.1) is 6.42 Å². The van der Waals surface area contributed by atoms with Crippen LogP contribution in [0.25, 0.3) is 0 Å². The highest BCUT2D eigenvalue weighted by atomic mass is 16.4. The van der Waals surface area contributed by atoms with Crippen molar-refractivity contribution in [1.82, 2.24) is 10.3 Å². The van der Waals surface area contributed by atoms with Gasteiger partial charge in [-0.15, -0.1) is 0 Å². The number of hydrogen-bond acceptors (Lipinski definition) is 3. The molecular formula is C13H16N2O3. The molecule has 5 nitrogen and oxygen atoms in total. The van der Waals surface area contributed by atoms with Crippen LogP contribution in [-0.2, 0) is 4.79 Å². The van der Waals surface area contributed by atoms with Crippen LogP contribution in [0.15, 0.2) is 18.3 Å². The predicted octanol–water partition coefficient (Wildman–Crippen LogP) is 1.37. The smallest absolute Gasteiger partial charge is 0.305 e. The summed E-state index contributed by atoms with van der Waals surface area (Å²) in [6.07, 6.45) is 3.55. The van der Waals surface area contributed by atoms with Crippen LogP contribution in [0.3, 0.4) is 0 Å². The SMILES string of the molecule is Cc1cc(C(=O)NC(CC(=O)O)C2CC2)ccn1. The lowest BCUT2D eigenvalue weighted by atomic mass is 10.1. The first-order valence-electron chi connectivity index (χ1n) is 6.01. The van der Waals surface area contributed by atoms with E-state index in [1.165, 1.54) is 0 Å². The van der Waals surface area contributed by atoms with E-state index in [2.05, 4.69) is 10.3 Å². The van der Waals surface area contributed by atoms with Crippen LogP contribution >= 0.6 is 0 Å². The standard InChI is InChI=1S/C13H16N2O3/c1-8-6-10(4-5-14-8)13(18)15-11(7-12(16)17)9-2-3-9/h4-6,9,11H,2-3,7H2,1H3,(H,15,18)(H,16,17). The number of pyridine rings is 1. The zero-order valence-electron chi connectivity index (χ0n) is 10.2. The highest BCUT2D eigenvalue weighted by Crippen LogP contribution is 2.34. The Morgan fingerprint density at radius 2 is 2.28 bits per heavy atom. The Kier molecular flexibility index (Phi) is 3.60. The predicted molar refractivity (Wildman–Crippen MR) is 65.2 cm³/mol. The van der Waals surface area contributed by atoms with Gasteiger partial charge >= 0.3 is 5.97 Å². The average molecular weight is 248 g/mol. The van der Waals surface area contributed by atoms with Gasteiger partial charge < -0.3 is 10.4 Å². The van der Waals surface area contributed by atoms with E-state index in [9.17, 15) is 9.59 Å². The van der Waals surface area contributed by atoms with E-state index >= 15 is 0 Å². The molecule has 2 N–H and O–H groups in total. The molecule has 1 aromatic heterocycles. The van der Waals surface area contributed by atoms with Gasteiger partial charge in [0.15, 0.2) is 0 Å². The third kappa shape index (κ3) is 3.29. The largest absolute Gasteiger partial charge is 0.481 e. The van der Waals surface area contributed by atoms with E-state index in [1.54, 1.807) is 18.3 Å². The van der Waals surface area contributed by atoms with Crippen LogP contribution in [0.5, 0.6) is 0 Å². The van der Waals surface area contributed by atoms with Crippen LogP contribution < -0.4 is 5.32 Å². The molecule has 1 heterocycles. The molecule has 1 fully saturated rings. The summed E-state index contributed by atoms with van der Waals surface area (Å²) >= 11 is 0. The first-order chi connectivity index (χ1) is 8.56. The van der Waals surface area contributed by atoms with Crippen LogP contribution in [-0.4, -0.2) is 28.0 Å². The lowest BCUT2D eigenvalue weighted by Gasteiger charge is -2.16. The van der Waals surface area contributed by atoms with Crippen molar-refractivity contribution in [1.29, 1.82) is 0 Å². The Hall–Kier alpha value is -1.91. The second-order valence-corrected chi connectivity index (χ2v) is 4.70. The molecule has 1 atom stereocenters. The average Bonchev–Trinajstić information content (AvgIpc) is 3.11. The number of amides is 1. The number of aromatic nitrogens is 1. The fourth-order valence-corrected chi connectivity index (χ4v) is 1.96. The maximum atomic E-state index is 12.0. The minimum atomic E-state index is -0.877. The van der Waals surface area contributed by atoms with Crippen molar-refractivity contribution in [3.8, 4) is 0 Å². The Morgan fingerprint density at radius 1 is 1.56 bits per heavy atom. The van der Waals surface area contributed by atoms with E-state index in [4.69, 9.17) is 5.11 Å². The van der Waals surface area contributed by atoms with Crippen molar-refractivity contribution in [3.05, 3.63) is 29.6 Å². The fraction of sp³-hybridized carbons (Fsp3) is 0.462. The van der Waals surface area contributed by atoms with Crippen LogP contribution in [0.2, 0.25) is 0 Å². The molecule has 0 radical (unpaired) electrons. The summed E-state index contributed by atoms with van der Waals surface area (Å²) in [5.74, 6) is -0.787. The number of hydrogen-bond donors (Lipinski definition) is 2. The minimum absolute atomic E-state index is 0.0134. The molecule has 1 aliphatic carbocycles. The second kappa shape index (κ2) is 5.16. The molecule has 1 unspecified atom stereocenters. The number of nitrogens with zero attached hydrogens (tertiary/aromatic N) is 1. The zero-order valence-corrected chi connectivity index (χ0v) is 10.2. The highest BCUT2D eigenvalue weighted by Gasteiger charge is 2.33. The Labute approximate surface area is 105 Å². The van der Waals surface area contributed by atoms with Gasteiger partial charge in [0.2, 0.25) is 0 Å². The number of rotatable bonds is 5. The summed E-state index contributed by atoms with van der Waals surface area (Å²) in [5.41, 5.74) is 1.29. The second-order valence-electron chi connectivity index (χ2n) is 4.70. The molecule has 1 aliphatic rings. The maximum Gasteiger partial charge on any atom is 0.305 e. The summed E-state index contributed by atoms with van der Waals surface area (Å²) in [5, 5.41) is 11.6. The molecule has 2 rings (SSSR count). The molecule has 5 heteroatoms. The van der Waals surface area contributed by atoms with Crippen LogP contribution in [0.4, 0.5) is 0 Å². The van der Waals surface area contributed by atoms with E-state index in [1.807, 2.05) is 6.92 Å². The van der Waals surface area contributed by atoms with E-state index in [0.29, 0.717) is 11.5 Å². The van der Waals surface area contributed by atoms with Gasteiger partial charge in [-0.05, 0) is 37.8 Å². The number of carboxylic acids is 1. The van der Waals surface area contributed by atoms with E-state index < -0.39 is 5.97 Å². The molecular weight excluding hydrogens is 232 g/mol. The Bertz CT molecular complexity index is 469. The van der Waals surface area contributed by atoms with Gasteiger partial charge in [-0.2, -0.15) is 0 Å². The van der Waals surface area contributed by atoms with Gasteiger partial charge in [-0.1, -0.05) is 0 Å². The summed E-state index contributed by atoms with van der Waals surface area (Å²) in [6, 6.07) is 3.07. The van der Waals surface area contributed by atoms with Crippen molar-refractivity contribution < 1.29 is 14.7 Å². The topological polar surface area (TPSA) is 79.3 Å². The van der Waals surface area contributed by atoms with Gasteiger partial charge in [-0.25, -0.2) is 0 Å². The molecule has 0 aromatic carbocycles. The molecule has 0 spiro atoms. The fourth-order valence-electron chi connectivity index (χ4n) is 1.96. The first-order valence-corrected chi connectivity index (χ1v) is 6.01. The molecule has 1 amide bonds. The summed E-state index contributed by atoms with van der Waals surface area (Å²) in [4.78, 5) is 26.8. The zero-order chi connectivity index (χ0) is 13.1. The van der Waals surface area contributed by atoms with Crippen molar-refractivity contribution in [3.63, 3.8) is 0 Å². The number of nitrogens with one attached hydrogen (secondary N) is 1. The number of carbonyl (C=O) groups is 2. The maximum absolute atomic E-state index is 12.0. The molecule has 0 bridgehead atoms. The third-order valence-corrected chi connectivity index (χ3v) is 3.06. The number of carbonyl (C=O) groups excluding carboxylic acids is 1. The van der Waals surface area contributed by atoms with Crippen molar-refractivity contribution in [2.24, 2.45) is 5.92 Å². The normalized spacial score (nSPS) is 16.1. The third-order valence-electron chi connectivity index (χ3n) is 3.06. The Balaban J connectivity index is 2.02. The summed E-state index contributed by atoms with van der Waals surface area (Å²) in [7, 11) is 0. The van der Waals surface area contributed by atoms with E-state index in [-0.39, 0.29) is 18.4 Å². The van der Waals surface area contributed by atoms with E-state index in [0.717, 1.165) is 18.5 Å². The number of carboxylic acid groups (broad SMARTS) is 1. The molecule has 0 aliphatic heterocycles. The lowest BCUT2D eigenvalue weighted by molar-refractivity contribution is -0.137. The molecule has 18 heavy (non-hydrogen) atoms. The van der Waals surface area contributed by atoms with Crippen molar-refractivity contribution in [2.75, 3.05) is 0 Å². The van der Waals surface area contributed by atoms with Gasteiger partial charge in [-0.3, -0.25) is 14.6 Å². The van der Waals surface area contributed by atoms with Crippen molar-refractivity contribution in [2.45, 2.75) is 32.2 Å². The lowest BCUT2D eigenvalue weighted by Crippen LogP contribution is -2.38. The highest BCUT2D eigenvalue weighted by molar-refractivity contribution is 5.94. The first kappa shape index (κ1) is 12.5. The van der Waals surface area contributed by atoms with Gasteiger partial charge in [0.25, 0.3) is 5.91 Å². The molecule has 0 saturated heterocycles. The van der Waals surface area contributed by atoms with Crippen molar-refractivity contribution >= 4 is 11.9 Å². The molecule has 1 saturated carbocycles. The summed E-state index contributed by atoms with van der Waals surface area (Å²) in [6.45, 7) is 1.81. The van der Waals surface area contributed by atoms with Crippen LogP contribution in [0.1, 0.15) is 35.3 Å². The quantitative estimate of drug-likeness (QED) is 0.824. The van der Waals surface area contributed by atoms with Gasteiger partial charge in [0, 0.05) is 23.5 Å². The monoisotopic (exact) mass is 248 g/mol. The summed E-state index contributed by atoms with van der Waals surface area (Å²) < 4.78 is 0. The Morgan fingerprint density at radius 3 is 2.83 bits per heavy atom. The van der Waals surface area contributed by atoms with Gasteiger partial charge in [0.1, 0.15) is 0 Å². The van der Waals surface area contributed by atoms with Crippen LogP contribution in [0, 0.1) is 12.8 Å². The minimum Gasteiger partial charge on any atom is -0.481 e. The number of aryl methyl sites for hydroxylation is 1.